The van der Waals surface area contributed by atoms with E-state index in [1.807, 2.05) is 11.9 Å². The highest BCUT2D eigenvalue weighted by Crippen LogP contribution is 2.28. The molecule has 0 atom stereocenters. The van der Waals surface area contributed by atoms with Gasteiger partial charge in [-0.3, -0.25) is 4.79 Å². The van der Waals surface area contributed by atoms with Crippen molar-refractivity contribution >= 4 is 27.5 Å². The van der Waals surface area contributed by atoms with Gasteiger partial charge in [-0.15, -0.1) is 0 Å². The van der Waals surface area contributed by atoms with Crippen LogP contribution in [0.2, 0.25) is 0 Å². The van der Waals surface area contributed by atoms with Crippen LogP contribution >= 0.6 is 15.9 Å². The number of amides is 1. The Hall–Kier alpha value is -1.07. The second kappa shape index (κ2) is 7.27. The van der Waals surface area contributed by atoms with E-state index in [2.05, 4.69) is 58.2 Å². The van der Waals surface area contributed by atoms with E-state index < -0.39 is 0 Å². The normalized spacial score (nSPS) is 16.5. The molecule has 116 valence electrons. The smallest absolute Gasteiger partial charge is 0.241 e. The molecule has 1 aliphatic heterocycles. The number of carbonyl (C=O) groups excluding carboxylic acids is 1. The van der Waals surface area contributed by atoms with Crippen molar-refractivity contribution in [1.29, 1.82) is 0 Å². The van der Waals surface area contributed by atoms with Crippen LogP contribution in [-0.4, -0.2) is 43.5 Å². The van der Waals surface area contributed by atoms with Gasteiger partial charge in [0, 0.05) is 37.2 Å². The summed E-state index contributed by atoms with van der Waals surface area (Å²) in [5.74, 6) is 0.185. The summed E-state index contributed by atoms with van der Waals surface area (Å²) in [6.45, 7) is 7.35. The van der Waals surface area contributed by atoms with Crippen molar-refractivity contribution in [3.05, 3.63) is 28.2 Å². The van der Waals surface area contributed by atoms with Gasteiger partial charge < -0.3 is 15.1 Å². The number of likely N-dealkylation sites (N-methyl/N-ethyl adjacent to an activating group) is 1. The van der Waals surface area contributed by atoms with Crippen LogP contribution in [0.5, 0.6) is 0 Å². The molecule has 0 saturated carbocycles. The van der Waals surface area contributed by atoms with E-state index in [0.29, 0.717) is 12.6 Å². The van der Waals surface area contributed by atoms with Crippen molar-refractivity contribution in [2.24, 2.45) is 0 Å². The first-order valence-corrected chi connectivity index (χ1v) is 8.27. The number of nitrogens with one attached hydrogen (secondary N) is 1. The summed E-state index contributed by atoms with van der Waals surface area (Å²) in [7, 11) is 1.88. The quantitative estimate of drug-likeness (QED) is 0.903. The largest absolute Gasteiger partial charge is 0.361 e. The van der Waals surface area contributed by atoms with Crippen molar-refractivity contribution in [1.82, 2.24) is 10.2 Å². The average Bonchev–Trinajstić information content (AvgIpc) is 2.59. The summed E-state index contributed by atoms with van der Waals surface area (Å²) in [6.07, 6.45) is 1.01. The van der Waals surface area contributed by atoms with Crippen LogP contribution in [0.15, 0.2) is 22.7 Å². The number of benzene rings is 1. The Labute approximate surface area is 135 Å². The van der Waals surface area contributed by atoms with E-state index in [-0.39, 0.29) is 5.91 Å². The summed E-state index contributed by atoms with van der Waals surface area (Å²) in [4.78, 5) is 16.0. The van der Waals surface area contributed by atoms with Crippen LogP contribution in [-0.2, 0) is 11.3 Å². The molecular weight excluding hydrogens is 330 g/mol. The van der Waals surface area contributed by atoms with E-state index >= 15 is 0 Å². The number of carbonyl (C=O) groups is 1. The predicted octanol–water partition coefficient (Wildman–Crippen LogP) is 2.62. The third-order valence-corrected chi connectivity index (χ3v) is 4.38. The van der Waals surface area contributed by atoms with Gasteiger partial charge >= 0.3 is 0 Å². The first-order valence-electron chi connectivity index (χ1n) is 7.48. The molecule has 1 heterocycles. The van der Waals surface area contributed by atoms with E-state index in [1.165, 1.54) is 5.56 Å². The molecule has 0 bridgehead atoms. The molecule has 0 aromatic heterocycles. The number of anilines is 1. The van der Waals surface area contributed by atoms with Crippen molar-refractivity contribution < 1.29 is 4.79 Å². The molecule has 0 radical (unpaired) electrons. The average molecular weight is 354 g/mol. The molecule has 5 heteroatoms. The van der Waals surface area contributed by atoms with Crippen LogP contribution in [0.1, 0.15) is 25.8 Å². The zero-order valence-electron chi connectivity index (χ0n) is 13.0. The van der Waals surface area contributed by atoms with Gasteiger partial charge in [0.1, 0.15) is 0 Å². The number of hydrogen-bond acceptors (Lipinski definition) is 3. The Morgan fingerprint density at radius 1 is 1.33 bits per heavy atom. The Morgan fingerprint density at radius 3 is 2.76 bits per heavy atom. The Morgan fingerprint density at radius 2 is 2.10 bits per heavy atom. The van der Waals surface area contributed by atoms with E-state index in [0.717, 1.165) is 36.2 Å². The topological polar surface area (TPSA) is 35.6 Å². The fourth-order valence-corrected chi connectivity index (χ4v) is 3.11. The highest BCUT2D eigenvalue weighted by molar-refractivity contribution is 9.10. The molecule has 1 saturated heterocycles. The second-order valence-electron chi connectivity index (χ2n) is 5.91. The number of rotatable bonds is 4. The molecule has 2 rings (SSSR count). The molecule has 0 unspecified atom stereocenters. The lowest BCUT2D eigenvalue weighted by Crippen LogP contribution is -2.34. The number of halogens is 1. The predicted molar refractivity (Wildman–Crippen MR) is 90.6 cm³/mol. The van der Waals surface area contributed by atoms with Gasteiger partial charge in [0.05, 0.1) is 12.2 Å². The van der Waals surface area contributed by atoms with Gasteiger partial charge in [-0.1, -0.05) is 19.9 Å². The SMILES string of the molecule is CC(C)NCc1ccc(N2CCCN(C)C(=O)C2)c(Br)c1. The minimum Gasteiger partial charge on any atom is -0.361 e. The Bertz CT molecular complexity index is 504. The number of nitrogens with zero attached hydrogens (tertiary/aromatic N) is 2. The van der Waals surface area contributed by atoms with E-state index in [4.69, 9.17) is 0 Å². The van der Waals surface area contributed by atoms with Crippen LogP contribution < -0.4 is 10.2 Å². The van der Waals surface area contributed by atoms with Crippen LogP contribution in [0.25, 0.3) is 0 Å². The maximum atomic E-state index is 12.0. The molecule has 21 heavy (non-hydrogen) atoms. The van der Waals surface area contributed by atoms with Gasteiger partial charge in [0.25, 0.3) is 0 Å². The maximum absolute atomic E-state index is 12.0. The van der Waals surface area contributed by atoms with Gasteiger partial charge in [-0.05, 0) is 40.0 Å². The minimum atomic E-state index is 0.185. The fourth-order valence-electron chi connectivity index (χ4n) is 2.43. The lowest BCUT2D eigenvalue weighted by atomic mass is 10.2. The molecule has 1 aromatic rings. The first-order chi connectivity index (χ1) is 9.97. The zero-order valence-corrected chi connectivity index (χ0v) is 14.6. The lowest BCUT2D eigenvalue weighted by Gasteiger charge is -2.23. The van der Waals surface area contributed by atoms with Crippen LogP contribution in [0.3, 0.4) is 0 Å². The molecule has 1 aromatic carbocycles. The summed E-state index contributed by atoms with van der Waals surface area (Å²) < 4.78 is 1.06. The molecule has 4 nitrogen and oxygen atoms in total. The minimum absolute atomic E-state index is 0.185. The highest BCUT2D eigenvalue weighted by Gasteiger charge is 2.20. The van der Waals surface area contributed by atoms with Crippen LogP contribution in [0, 0.1) is 0 Å². The summed E-state index contributed by atoms with van der Waals surface area (Å²) in [5.41, 5.74) is 2.35. The lowest BCUT2D eigenvalue weighted by molar-refractivity contribution is -0.127. The monoisotopic (exact) mass is 353 g/mol. The molecule has 1 N–H and O–H groups in total. The van der Waals surface area contributed by atoms with Crippen LogP contribution in [0.4, 0.5) is 5.69 Å². The fraction of sp³-hybridized carbons (Fsp3) is 0.562. The second-order valence-corrected chi connectivity index (χ2v) is 6.77. The van der Waals surface area contributed by atoms with Crippen molar-refractivity contribution in [2.45, 2.75) is 32.9 Å². The number of hydrogen-bond donors (Lipinski definition) is 1. The molecule has 1 amide bonds. The molecule has 1 fully saturated rings. The first kappa shape index (κ1) is 16.3. The molecule has 0 aliphatic carbocycles. The third-order valence-electron chi connectivity index (χ3n) is 3.74. The van der Waals surface area contributed by atoms with Crippen molar-refractivity contribution in [3.8, 4) is 0 Å². The van der Waals surface area contributed by atoms with Crippen molar-refractivity contribution in [2.75, 3.05) is 31.6 Å². The van der Waals surface area contributed by atoms with E-state index in [1.54, 1.807) is 0 Å². The summed E-state index contributed by atoms with van der Waals surface area (Å²) in [5, 5.41) is 3.42. The van der Waals surface area contributed by atoms with Gasteiger partial charge in [-0.2, -0.15) is 0 Å². The molecule has 1 aliphatic rings. The third kappa shape index (κ3) is 4.45. The standard InChI is InChI=1S/C16H24BrN3O/c1-12(2)18-10-13-5-6-15(14(17)9-13)20-8-4-7-19(3)16(21)11-20/h5-6,9,12,18H,4,7-8,10-11H2,1-3H3. The highest BCUT2D eigenvalue weighted by atomic mass is 79.9. The maximum Gasteiger partial charge on any atom is 0.241 e. The van der Waals surface area contributed by atoms with Crippen molar-refractivity contribution in [3.63, 3.8) is 0 Å². The molecule has 0 spiro atoms. The zero-order chi connectivity index (χ0) is 15.4. The Balaban J connectivity index is 2.11. The van der Waals surface area contributed by atoms with Gasteiger partial charge in [0.15, 0.2) is 0 Å². The van der Waals surface area contributed by atoms with E-state index in [9.17, 15) is 4.79 Å². The van der Waals surface area contributed by atoms with Gasteiger partial charge in [-0.25, -0.2) is 0 Å². The van der Waals surface area contributed by atoms with Gasteiger partial charge in [0.2, 0.25) is 5.91 Å². The summed E-state index contributed by atoms with van der Waals surface area (Å²) in [6, 6.07) is 6.86. The Kier molecular flexibility index (Phi) is 5.65. The molecular formula is C16H24BrN3O. The summed E-state index contributed by atoms with van der Waals surface area (Å²) >= 11 is 3.66.